The first-order valence-corrected chi connectivity index (χ1v) is 7.55. The molecule has 1 rings (SSSR count). The third-order valence-electron chi connectivity index (χ3n) is 4.67. The van der Waals surface area contributed by atoms with Gasteiger partial charge in [-0.1, -0.05) is 13.8 Å². The summed E-state index contributed by atoms with van der Waals surface area (Å²) < 4.78 is 5.31. The van der Waals surface area contributed by atoms with Crippen molar-refractivity contribution in [1.29, 1.82) is 0 Å². The number of ether oxygens (including phenoxy) is 1. The van der Waals surface area contributed by atoms with Gasteiger partial charge < -0.3 is 15.2 Å². The Morgan fingerprint density at radius 3 is 2.30 bits per heavy atom. The van der Waals surface area contributed by atoms with E-state index >= 15 is 0 Å². The Morgan fingerprint density at radius 1 is 1.30 bits per heavy atom. The molecule has 0 aliphatic carbocycles. The van der Waals surface area contributed by atoms with Gasteiger partial charge in [0.2, 0.25) is 5.91 Å². The second-order valence-electron chi connectivity index (χ2n) is 5.78. The number of nitrogens with one attached hydrogen (secondary N) is 1. The summed E-state index contributed by atoms with van der Waals surface area (Å²) >= 11 is 0. The van der Waals surface area contributed by atoms with Crippen LogP contribution >= 0.6 is 0 Å². The van der Waals surface area contributed by atoms with E-state index < -0.39 is 11.4 Å². The molecule has 1 fully saturated rings. The summed E-state index contributed by atoms with van der Waals surface area (Å²) in [4.78, 5) is 23.5. The van der Waals surface area contributed by atoms with Crippen LogP contribution in [0, 0.1) is 11.3 Å². The van der Waals surface area contributed by atoms with Crippen molar-refractivity contribution in [3.63, 3.8) is 0 Å². The van der Waals surface area contributed by atoms with Crippen LogP contribution in [-0.2, 0) is 14.3 Å². The van der Waals surface area contributed by atoms with Crippen molar-refractivity contribution in [2.75, 3.05) is 13.2 Å². The summed E-state index contributed by atoms with van der Waals surface area (Å²) in [5, 5.41) is 12.3. The molecule has 1 aliphatic rings. The summed E-state index contributed by atoms with van der Waals surface area (Å²) in [5.74, 6) is -0.610. The van der Waals surface area contributed by atoms with E-state index in [9.17, 15) is 14.7 Å². The number of aliphatic carboxylic acids is 1. The molecule has 1 unspecified atom stereocenters. The molecule has 1 atom stereocenters. The maximum Gasteiger partial charge on any atom is 0.310 e. The van der Waals surface area contributed by atoms with Crippen LogP contribution in [0.15, 0.2) is 0 Å². The summed E-state index contributed by atoms with van der Waals surface area (Å²) in [5.41, 5.74) is -0.931. The zero-order valence-electron chi connectivity index (χ0n) is 12.8. The minimum Gasteiger partial charge on any atom is -0.481 e. The summed E-state index contributed by atoms with van der Waals surface area (Å²) in [6, 6.07) is 0.0756. The minimum absolute atomic E-state index is 0.0584. The third-order valence-corrected chi connectivity index (χ3v) is 4.67. The SMILES string of the molecule is CCC(CC)(CC(=O)NC(C)C1CCOCC1)C(=O)O. The molecule has 0 saturated carbocycles. The van der Waals surface area contributed by atoms with Gasteiger partial charge in [-0.05, 0) is 38.5 Å². The van der Waals surface area contributed by atoms with E-state index in [1.807, 2.05) is 20.8 Å². The predicted octanol–water partition coefficient (Wildman–Crippen LogP) is 2.20. The van der Waals surface area contributed by atoms with E-state index in [1.165, 1.54) is 0 Å². The lowest BCUT2D eigenvalue weighted by Gasteiger charge is -2.30. The van der Waals surface area contributed by atoms with Gasteiger partial charge in [-0.15, -0.1) is 0 Å². The van der Waals surface area contributed by atoms with Gasteiger partial charge in [0, 0.05) is 25.7 Å². The average Bonchev–Trinajstić information content (AvgIpc) is 2.45. The zero-order chi connectivity index (χ0) is 15.2. The van der Waals surface area contributed by atoms with Gasteiger partial charge in [-0.25, -0.2) is 0 Å². The van der Waals surface area contributed by atoms with E-state index in [0.717, 1.165) is 26.1 Å². The number of carboxylic acid groups (broad SMARTS) is 1. The molecule has 2 N–H and O–H groups in total. The number of carbonyl (C=O) groups excluding carboxylic acids is 1. The Morgan fingerprint density at radius 2 is 1.85 bits per heavy atom. The second kappa shape index (κ2) is 7.62. The van der Waals surface area contributed by atoms with Gasteiger partial charge in [-0.2, -0.15) is 0 Å². The molecule has 1 saturated heterocycles. The number of hydrogen-bond donors (Lipinski definition) is 2. The Kier molecular flexibility index (Phi) is 6.46. The fourth-order valence-corrected chi connectivity index (χ4v) is 2.82. The fraction of sp³-hybridized carbons (Fsp3) is 0.867. The molecule has 0 spiro atoms. The minimum atomic E-state index is -0.931. The first kappa shape index (κ1) is 17.0. The highest BCUT2D eigenvalue weighted by Crippen LogP contribution is 2.31. The Balaban J connectivity index is 2.54. The van der Waals surface area contributed by atoms with Gasteiger partial charge in [0.05, 0.1) is 5.41 Å². The van der Waals surface area contributed by atoms with Crippen molar-refractivity contribution in [2.45, 2.75) is 58.9 Å². The molecule has 0 bridgehead atoms. The van der Waals surface area contributed by atoms with Crippen LogP contribution in [0.5, 0.6) is 0 Å². The number of amides is 1. The molecular weight excluding hydrogens is 258 g/mol. The first-order valence-electron chi connectivity index (χ1n) is 7.55. The highest BCUT2D eigenvalue weighted by atomic mass is 16.5. The maximum absolute atomic E-state index is 12.1. The number of carbonyl (C=O) groups is 2. The van der Waals surface area contributed by atoms with E-state index in [1.54, 1.807) is 0 Å². The largest absolute Gasteiger partial charge is 0.481 e. The van der Waals surface area contributed by atoms with Gasteiger partial charge in [0.15, 0.2) is 0 Å². The van der Waals surface area contributed by atoms with Gasteiger partial charge in [-0.3, -0.25) is 9.59 Å². The van der Waals surface area contributed by atoms with Crippen LogP contribution in [0.1, 0.15) is 52.9 Å². The molecule has 0 aromatic carbocycles. The number of rotatable bonds is 7. The monoisotopic (exact) mass is 285 g/mol. The lowest BCUT2D eigenvalue weighted by Crippen LogP contribution is -2.43. The van der Waals surface area contributed by atoms with Crippen molar-refractivity contribution in [2.24, 2.45) is 11.3 Å². The molecule has 0 aromatic rings. The quantitative estimate of drug-likeness (QED) is 0.752. The van der Waals surface area contributed by atoms with Gasteiger partial charge in [0.25, 0.3) is 0 Å². The molecule has 116 valence electrons. The molecule has 1 aliphatic heterocycles. The second-order valence-corrected chi connectivity index (χ2v) is 5.78. The van der Waals surface area contributed by atoms with Crippen LogP contribution in [0.3, 0.4) is 0 Å². The van der Waals surface area contributed by atoms with E-state index in [4.69, 9.17) is 4.74 Å². The van der Waals surface area contributed by atoms with Crippen molar-refractivity contribution >= 4 is 11.9 Å². The highest BCUT2D eigenvalue weighted by molar-refractivity contribution is 5.85. The molecule has 20 heavy (non-hydrogen) atoms. The predicted molar refractivity (Wildman–Crippen MR) is 76.4 cm³/mol. The van der Waals surface area contributed by atoms with Crippen LogP contribution in [0.2, 0.25) is 0 Å². The highest BCUT2D eigenvalue weighted by Gasteiger charge is 2.37. The molecular formula is C15H27NO4. The normalized spacial score (nSPS) is 18.6. The lowest BCUT2D eigenvalue weighted by molar-refractivity contribution is -0.152. The molecule has 1 amide bonds. The first-order chi connectivity index (χ1) is 9.45. The van der Waals surface area contributed by atoms with Crippen LogP contribution < -0.4 is 5.32 Å². The zero-order valence-corrected chi connectivity index (χ0v) is 12.8. The Labute approximate surface area is 121 Å². The summed E-state index contributed by atoms with van der Waals surface area (Å²) in [6.07, 6.45) is 2.90. The van der Waals surface area contributed by atoms with Crippen molar-refractivity contribution < 1.29 is 19.4 Å². The van der Waals surface area contributed by atoms with E-state index in [0.29, 0.717) is 18.8 Å². The van der Waals surface area contributed by atoms with Crippen molar-refractivity contribution in [3.8, 4) is 0 Å². The Bertz CT molecular complexity index is 333. The Hall–Kier alpha value is -1.10. The van der Waals surface area contributed by atoms with Gasteiger partial charge >= 0.3 is 5.97 Å². The summed E-state index contributed by atoms with van der Waals surface area (Å²) in [6.45, 7) is 7.13. The summed E-state index contributed by atoms with van der Waals surface area (Å²) in [7, 11) is 0. The van der Waals surface area contributed by atoms with Crippen LogP contribution in [-0.4, -0.2) is 36.2 Å². The van der Waals surface area contributed by atoms with E-state index in [-0.39, 0.29) is 18.4 Å². The van der Waals surface area contributed by atoms with Gasteiger partial charge in [0.1, 0.15) is 0 Å². The maximum atomic E-state index is 12.1. The third kappa shape index (κ3) is 4.20. The average molecular weight is 285 g/mol. The molecule has 5 nitrogen and oxygen atoms in total. The standard InChI is InChI=1S/C15H27NO4/c1-4-15(5-2,14(18)19)10-13(17)16-11(3)12-6-8-20-9-7-12/h11-12H,4-10H2,1-3H3,(H,16,17)(H,18,19). The molecule has 0 aromatic heterocycles. The fourth-order valence-electron chi connectivity index (χ4n) is 2.82. The number of carboxylic acids is 1. The van der Waals surface area contributed by atoms with E-state index in [2.05, 4.69) is 5.32 Å². The molecule has 0 radical (unpaired) electrons. The lowest BCUT2D eigenvalue weighted by atomic mass is 9.79. The molecule has 5 heteroatoms. The topological polar surface area (TPSA) is 75.6 Å². The van der Waals surface area contributed by atoms with Crippen LogP contribution in [0.4, 0.5) is 0 Å². The van der Waals surface area contributed by atoms with Crippen molar-refractivity contribution in [1.82, 2.24) is 5.32 Å². The molecule has 1 heterocycles. The van der Waals surface area contributed by atoms with Crippen LogP contribution in [0.25, 0.3) is 0 Å². The smallest absolute Gasteiger partial charge is 0.310 e. The number of hydrogen-bond acceptors (Lipinski definition) is 3. The van der Waals surface area contributed by atoms with Crippen molar-refractivity contribution in [3.05, 3.63) is 0 Å².